The highest BCUT2D eigenvalue weighted by atomic mass is 79.9. The Balaban J connectivity index is 1.58. The van der Waals surface area contributed by atoms with Gasteiger partial charge in [-0.3, -0.25) is 4.79 Å². The van der Waals surface area contributed by atoms with Crippen molar-refractivity contribution >= 4 is 33.6 Å². The van der Waals surface area contributed by atoms with Crippen LogP contribution in [0.15, 0.2) is 33.6 Å². The average Bonchev–Trinajstić information content (AvgIpc) is 2.46. The number of benzene rings is 1. The molecule has 0 aliphatic carbocycles. The highest BCUT2D eigenvalue weighted by molar-refractivity contribution is 9.10. The maximum atomic E-state index is 11.8. The minimum Gasteiger partial charge on any atom is -0.350 e. The highest BCUT2D eigenvalue weighted by Crippen LogP contribution is 2.19. The van der Waals surface area contributed by atoms with Gasteiger partial charge >= 0.3 is 0 Å². The van der Waals surface area contributed by atoms with Crippen LogP contribution in [0, 0.1) is 0 Å². The number of piperidine rings is 1. The van der Waals surface area contributed by atoms with Gasteiger partial charge in [-0.15, -0.1) is 11.8 Å². The summed E-state index contributed by atoms with van der Waals surface area (Å²) in [4.78, 5) is 14.5. The number of likely N-dealkylation sites (tertiary alicyclic amines) is 1. The molecule has 0 atom stereocenters. The molecule has 0 saturated carbocycles. The van der Waals surface area contributed by atoms with Crippen LogP contribution in [0.4, 0.5) is 0 Å². The maximum absolute atomic E-state index is 11.8. The Bertz CT molecular complexity index is 418. The first-order valence-electron chi connectivity index (χ1n) is 7.23. The van der Waals surface area contributed by atoms with E-state index in [-0.39, 0.29) is 5.91 Å². The number of quaternary nitrogens is 1. The van der Waals surface area contributed by atoms with Crippen LogP contribution in [-0.2, 0) is 4.79 Å². The van der Waals surface area contributed by atoms with Crippen molar-refractivity contribution in [1.82, 2.24) is 5.32 Å². The average molecular weight is 358 g/mol. The van der Waals surface area contributed by atoms with Crippen LogP contribution in [0.25, 0.3) is 0 Å². The van der Waals surface area contributed by atoms with Gasteiger partial charge in [0.2, 0.25) is 0 Å². The number of rotatable bonds is 6. The van der Waals surface area contributed by atoms with Crippen molar-refractivity contribution in [3.63, 3.8) is 0 Å². The Morgan fingerprint density at radius 1 is 1.20 bits per heavy atom. The summed E-state index contributed by atoms with van der Waals surface area (Å²) in [6.45, 7) is 3.69. The van der Waals surface area contributed by atoms with Crippen molar-refractivity contribution in [3.05, 3.63) is 28.7 Å². The molecule has 0 radical (unpaired) electrons. The van der Waals surface area contributed by atoms with E-state index >= 15 is 0 Å². The summed E-state index contributed by atoms with van der Waals surface area (Å²) in [5, 5.41) is 3.02. The molecule has 0 unspecified atom stereocenters. The lowest BCUT2D eigenvalue weighted by Crippen LogP contribution is -3.13. The second kappa shape index (κ2) is 8.70. The van der Waals surface area contributed by atoms with Gasteiger partial charge in [0.25, 0.3) is 5.91 Å². The highest BCUT2D eigenvalue weighted by Gasteiger charge is 2.16. The standard InChI is InChI=1S/C15H21BrN2OS/c16-13-4-6-14(7-5-13)20-11-8-17-15(19)12-18-9-2-1-3-10-18/h4-7H,1-3,8-12H2,(H,17,19)/p+1. The monoisotopic (exact) mass is 357 g/mol. The first-order chi connectivity index (χ1) is 9.74. The molecule has 1 aliphatic rings. The number of nitrogens with one attached hydrogen (secondary N) is 2. The van der Waals surface area contributed by atoms with E-state index in [2.05, 4.69) is 33.4 Å². The second-order valence-electron chi connectivity index (χ2n) is 5.14. The number of thioether (sulfide) groups is 1. The van der Waals surface area contributed by atoms with Crippen LogP contribution in [0.1, 0.15) is 19.3 Å². The topological polar surface area (TPSA) is 33.5 Å². The number of halogens is 1. The molecule has 1 aromatic rings. The molecule has 0 aromatic heterocycles. The van der Waals surface area contributed by atoms with Crippen molar-refractivity contribution in [2.75, 3.05) is 31.9 Å². The van der Waals surface area contributed by atoms with E-state index in [0.717, 1.165) is 29.9 Å². The van der Waals surface area contributed by atoms with E-state index in [9.17, 15) is 4.79 Å². The number of hydrogen-bond acceptors (Lipinski definition) is 2. The van der Waals surface area contributed by atoms with Gasteiger partial charge in [0, 0.05) is 21.7 Å². The molecular weight excluding hydrogens is 336 g/mol. The molecule has 20 heavy (non-hydrogen) atoms. The third-order valence-electron chi connectivity index (χ3n) is 3.48. The molecule has 1 saturated heterocycles. The lowest BCUT2D eigenvalue weighted by atomic mass is 10.1. The van der Waals surface area contributed by atoms with Gasteiger partial charge in [0.1, 0.15) is 0 Å². The number of carbonyl (C=O) groups excluding carboxylic acids is 1. The molecule has 0 bridgehead atoms. The fourth-order valence-electron chi connectivity index (χ4n) is 2.41. The molecule has 110 valence electrons. The van der Waals surface area contributed by atoms with Crippen molar-refractivity contribution in [1.29, 1.82) is 0 Å². The minimum atomic E-state index is 0.193. The second-order valence-corrected chi connectivity index (χ2v) is 7.22. The van der Waals surface area contributed by atoms with Gasteiger partial charge in [0.15, 0.2) is 6.54 Å². The normalized spacial score (nSPS) is 16.1. The lowest BCUT2D eigenvalue weighted by molar-refractivity contribution is -0.896. The van der Waals surface area contributed by atoms with Gasteiger partial charge in [-0.05, 0) is 43.5 Å². The lowest BCUT2D eigenvalue weighted by Gasteiger charge is -2.22. The molecular formula is C15H22BrN2OS+. The summed E-state index contributed by atoms with van der Waals surface area (Å²) in [6.07, 6.45) is 3.86. The van der Waals surface area contributed by atoms with Crippen LogP contribution in [0.5, 0.6) is 0 Å². The van der Waals surface area contributed by atoms with Crippen LogP contribution < -0.4 is 10.2 Å². The van der Waals surface area contributed by atoms with E-state index in [1.807, 2.05) is 12.1 Å². The van der Waals surface area contributed by atoms with Crippen LogP contribution >= 0.6 is 27.7 Å². The van der Waals surface area contributed by atoms with E-state index in [1.165, 1.54) is 29.1 Å². The summed E-state index contributed by atoms with van der Waals surface area (Å²) >= 11 is 5.20. The van der Waals surface area contributed by atoms with Crippen molar-refractivity contribution in [2.45, 2.75) is 24.2 Å². The quantitative estimate of drug-likeness (QED) is 0.600. The number of amides is 1. The summed E-state index contributed by atoms with van der Waals surface area (Å²) in [7, 11) is 0. The van der Waals surface area contributed by atoms with E-state index in [4.69, 9.17) is 0 Å². The Morgan fingerprint density at radius 2 is 1.90 bits per heavy atom. The SMILES string of the molecule is O=C(C[NH+]1CCCCC1)NCCSc1ccc(Br)cc1. The van der Waals surface area contributed by atoms with Crippen molar-refractivity contribution in [3.8, 4) is 0 Å². The molecule has 1 amide bonds. The zero-order valence-corrected chi connectivity index (χ0v) is 14.1. The first kappa shape index (κ1) is 15.9. The Kier molecular flexibility index (Phi) is 6.90. The molecule has 1 heterocycles. The van der Waals surface area contributed by atoms with Gasteiger partial charge in [-0.2, -0.15) is 0 Å². The van der Waals surface area contributed by atoms with Crippen molar-refractivity contribution < 1.29 is 9.69 Å². The van der Waals surface area contributed by atoms with Crippen LogP contribution in [0.2, 0.25) is 0 Å². The number of carbonyl (C=O) groups is 1. The molecule has 0 spiro atoms. The predicted octanol–water partition coefficient (Wildman–Crippen LogP) is 1.73. The fraction of sp³-hybridized carbons (Fsp3) is 0.533. The molecule has 1 aromatic carbocycles. The maximum Gasteiger partial charge on any atom is 0.275 e. The Morgan fingerprint density at radius 3 is 2.60 bits per heavy atom. The fourth-order valence-corrected chi connectivity index (χ4v) is 3.44. The smallest absolute Gasteiger partial charge is 0.275 e. The summed E-state index contributed by atoms with van der Waals surface area (Å²) < 4.78 is 1.10. The third kappa shape index (κ3) is 5.85. The van der Waals surface area contributed by atoms with E-state index in [0.29, 0.717) is 6.54 Å². The summed E-state index contributed by atoms with van der Waals surface area (Å²) in [5.41, 5.74) is 0. The Hall–Kier alpha value is -0.520. The molecule has 2 rings (SSSR count). The first-order valence-corrected chi connectivity index (χ1v) is 9.00. The third-order valence-corrected chi connectivity index (χ3v) is 5.02. The van der Waals surface area contributed by atoms with E-state index < -0.39 is 0 Å². The summed E-state index contributed by atoms with van der Waals surface area (Å²) in [5.74, 6) is 1.11. The Labute approximate surface area is 133 Å². The molecule has 5 heteroatoms. The van der Waals surface area contributed by atoms with Crippen LogP contribution in [-0.4, -0.2) is 37.8 Å². The zero-order chi connectivity index (χ0) is 14.2. The number of hydrogen-bond donors (Lipinski definition) is 2. The zero-order valence-electron chi connectivity index (χ0n) is 11.7. The van der Waals surface area contributed by atoms with Crippen LogP contribution in [0.3, 0.4) is 0 Å². The minimum absolute atomic E-state index is 0.193. The van der Waals surface area contributed by atoms with Gasteiger partial charge in [-0.1, -0.05) is 15.9 Å². The van der Waals surface area contributed by atoms with Gasteiger partial charge in [0.05, 0.1) is 13.1 Å². The molecule has 1 aliphatic heterocycles. The molecule has 2 N–H and O–H groups in total. The predicted molar refractivity (Wildman–Crippen MR) is 87.3 cm³/mol. The van der Waals surface area contributed by atoms with Gasteiger partial charge in [-0.25, -0.2) is 0 Å². The molecule has 1 fully saturated rings. The van der Waals surface area contributed by atoms with Crippen molar-refractivity contribution in [2.24, 2.45) is 0 Å². The largest absolute Gasteiger partial charge is 0.350 e. The van der Waals surface area contributed by atoms with E-state index in [1.54, 1.807) is 11.8 Å². The molecule has 3 nitrogen and oxygen atoms in total. The summed E-state index contributed by atoms with van der Waals surface area (Å²) in [6, 6.07) is 8.27. The van der Waals surface area contributed by atoms with Gasteiger partial charge < -0.3 is 10.2 Å².